The number of hydrogen-bond acceptors (Lipinski definition) is 2. The minimum Gasteiger partial charge on any atom is -0.317 e. The van der Waals surface area contributed by atoms with Gasteiger partial charge in [0.25, 0.3) is 0 Å². The largest absolute Gasteiger partial charge is 0.317 e. The van der Waals surface area contributed by atoms with Crippen molar-refractivity contribution in [2.45, 2.75) is 27.2 Å². The lowest BCUT2D eigenvalue weighted by molar-refractivity contribution is 0.520. The molecule has 0 fully saturated rings. The Kier molecular flexibility index (Phi) is 7.65. The second kappa shape index (κ2) is 12.3. The van der Waals surface area contributed by atoms with Crippen molar-refractivity contribution in [3.8, 4) is 0 Å². The maximum absolute atomic E-state index is 2.57. The summed E-state index contributed by atoms with van der Waals surface area (Å²) in [5.74, 6) is 1.42. The molecule has 5 unspecified atom stereocenters. The normalized spacial score (nSPS) is 25.3. The molecule has 2 heteroatoms. The van der Waals surface area contributed by atoms with E-state index in [1.807, 2.05) is 0 Å². The molecule has 0 heterocycles. The summed E-state index contributed by atoms with van der Waals surface area (Å²) in [6, 6.07) is 28.9. The summed E-state index contributed by atoms with van der Waals surface area (Å²) in [5.41, 5.74) is 13.1. The lowest BCUT2D eigenvalue weighted by Gasteiger charge is -2.46. The molecule has 0 aliphatic heterocycles. The van der Waals surface area contributed by atoms with E-state index in [0.717, 1.165) is 6.42 Å². The number of nitrogens with zero attached hydrogens (tertiary/aromatic N) is 2. The molecule has 0 spiro atoms. The second-order valence-electron chi connectivity index (χ2n) is 13.6. The first-order valence-corrected chi connectivity index (χ1v) is 17.1. The molecule has 232 valence electrons. The summed E-state index contributed by atoms with van der Waals surface area (Å²) in [7, 11) is 0. The average molecular weight is 611 g/mol. The first kappa shape index (κ1) is 29.3. The van der Waals surface area contributed by atoms with Crippen molar-refractivity contribution >= 4 is 17.1 Å². The zero-order valence-corrected chi connectivity index (χ0v) is 27.5. The third-order valence-corrected chi connectivity index (χ3v) is 10.3. The molecular formula is C45H42N2. The Bertz CT molecular complexity index is 1940. The van der Waals surface area contributed by atoms with E-state index in [1.165, 1.54) is 56.4 Å². The van der Waals surface area contributed by atoms with Crippen LogP contribution in [0.3, 0.4) is 0 Å². The van der Waals surface area contributed by atoms with Gasteiger partial charge in [-0.3, -0.25) is 0 Å². The minimum absolute atomic E-state index is 0.210. The molecule has 3 aromatic carbocycles. The molecule has 0 amide bonds. The van der Waals surface area contributed by atoms with Crippen LogP contribution >= 0.6 is 0 Å². The molecule has 0 saturated heterocycles. The van der Waals surface area contributed by atoms with Crippen LogP contribution < -0.4 is 9.80 Å². The van der Waals surface area contributed by atoms with Gasteiger partial charge in [0.15, 0.2) is 0 Å². The zero-order valence-electron chi connectivity index (χ0n) is 27.5. The number of para-hydroxylation sites is 1. The van der Waals surface area contributed by atoms with Crippen molar-refractivity contribution in [3.63, 3.8) is 0 Å². The van der Waals surface area contributed by atoms with E-state index >= 15 is 0 Å². The number of anilines is 3. The lowest BCUT2D eigenvalue weighted by Crippen LogP contribution is -2.38. The Morgan fingerprint density at radius 3 is 1.49 bits per heavy atom. The number of aryl methyl sites for hydroxylation is 2. The molecule has 8 rings (SSSR count). The average Bonchev–Trinajstić information content (AvgIpc) is 3.11. The molecule has 0 radical (unpaired) electrons. The van der Waals surface area contributed by atoms with Crippen LogP contribution in [0.1, 0.15) is 24.5 Å². The highest BCUT2D eigenvalue weighted by Crippen LogP contribution is 2.52. The van der Waals surface area contributed by atoms with Gasteiger partial charge in [0.2, 0.25) is 0 Å². The van der Waals surface area contributed by atoms with Gasteiger partial charge in [-0.1, -0.05) is 121 Å². The molecular weight excluding hydrogens is 569 g/mol. The fraction of sp³-hybridized carbons (Fsp3) is 0.200. The van der Waals surface area contributed by atoms with Crippen molar-refractivity contribution in [3.05, 3.63) is 197 Å². The first-order valence-electron chi connectivity index (χ1n) is 17.1. The highest BCUT2D eigenvalue weighted by molar-refractivity contribution is 5.73. The standard InChI is InChI=1S/C45H42N2/c1-31-20-24-35(25-21-31)46(34-13-5-4-6-14-34)44-29-42-39-17-8-10-19-41(39)45(30-43(42)38-16-7-9-18-40(38)44)47(36-26-22-32(2)23-27-36)37-15-11-12-33(3)28-37/h4-27,29-30,33,38-41H,28H2,1-3H3. The Morgan fingerprint density at radius 2 is 0.957 bits per heavy atom. The number of fused-ring (bicyclic) bond motifs is 4. The third-order valence-electron chi connectivity index (χ3n) is 10.3. The third kappa shape index (κ3) is 5.42. The van der Waals surface area contributed by atoms with Crippen molar-refractivity contribution < 1.29 is 0 Å². The maximum atomic E-state index is 2.57. The van der Waals surface area contributed by atoms with E-state index in [-0.39, 0.29) is 23.7 Å². The van der Waals surface area contributed by atoms with E-state index in [4.69, 9.17) is 0 Å². The number of hydrogen-bond donors (Lipinski definition) is 0. The van der Waals surface area contributed by atoms with Crippen LogP contribution in [0, 0.1) is 43.4 Å². The Hall–Kier alpha value is -5.08. The Balaban J connectivity index is 1.34. The van der Waals surface area contributed by atoms with Crippen LogP contribution in [0.25, 0.3) is 0 Å². The fourth-order valence-corrected chi connectivity index (χ4v) is 7.94. The predicted octanol–water partition coefficient (Wildman–Crippen LogP) is 11.2. The molecule has 5 atom stereocenters. The van der Waals surface area contributed by atoms with Crippen LogP contribution in [0.5, 0.6) is 0 Å². The van der Waals surface area contributed by atoms with Crippen molar-refractivity contribution in [1.82, 2.24) is 0 Å². The van der Waals surface area contributed by atoms with Gasteiger partial charge in [0.1, 0.15) is 0 Å². The van der Waals surface area contributed by atoms with Gasteiger partial charge < -0.3 is 9.80 Å². The summed E-state index contributed by atoms with van der Waals surface area (Å²) in [6.07, 6.45) is 31.7. The molecule has 0 N–H and O–H groups in total. The van der Waals surface area contributed by atoms with Gasteiger partial charge in [-0.25, -0.2) is 0 Å². The topological polar surface area (TPSA) is 6.48 Å². The SMILES string of the molecule is Cc1ccc(N(C2=CC=CC(C)C2)C2=CC3=C(C=C(N(c4ccccc4)c4ccc(C)cc4)C4C=CC=CC34)C3C=CC=CC23)cc1. The first-order chi connectivity index (χ1) is 23.0. The monoisotopic (exact) mass is 610 g/mol. The fourth-order valence-electron chi connectivity index (χ4n) is 7.94. The van der Waals surface area contributed by atoms with Gasteiger partial charge in [-0.15, -0.1) is 0 Å². The molecule has 5 aliphatic carbocycles. The van der Waals surface area contributed by atoms with Gasteiger partial charge >= 0.3 is 0 Å². The van der Waals surface area contributed by atoms with Crippen LogP contribution in [0.4, 0.5) is 17.1 Å². The molecule has 2 nitrogen and oxygen atoms in total. The smallest absolute Gasteiger partial charge is 0.0458 e. The maximum Gasteiger partial charge on any atom is 0.0458 e. The van der Waals surface area contributed by atoms with E-state index in [1.54, 1.807) is 0 Å². The highest BCUT2D eigenvalue weighted by Gasteiger charge is 2.42. The molecule has 0 saturated carbocycles. The van der Waals surface area contributed by atoms with E-state index < -0.39 is 0 Å². The lowest BCUT2D eigenvalue weighted by atomic mass is 9.65. The van der Waals surface area contributed by atoms with Crippen molar-refractivity contribution in [2.75, 3.05) is 9.80 Å². The van der Waals surface area contributed by atoms with Gasteiger partial charge in [-0.05, 0) is 92.0 Å². The van der Waals surface area contributed by atoms with Gasteiger partial charge in [0, 0.05) is 57.8 Å². The van der Waals surface area contributed by atoms with E-state index in [9.17, 15) is 0 Å². The second-order valence-corrected chi connectivity index (χ2v) is 13.6. The summed E-state index contributed by atoms with van der Waals surface area (Å²) in [6.45, 7) is 6.65. The zero-order chi connectivity index (χ0) is 31.9. The molecule has 3 aromatic rings. The van der Waals surface area contributed by atoms with Crippen LogP contribution in [-0.2, 0) is 0 Å². The number of benzene rings is 3. The Labute approximate surface area is 280 Å². The van der Waals surface area contributed by atoms with Crippen LogP contribution in [0.2, 0.25) is 0 Å². The Morgan fingerprint density at radius 1 is 0.489 bits per heavy atom. The van der Waals surface area contributed by atoms with Gasteiger partial charge in [-0.2, -0.15) is 0 Å². The molecule has 5 aliphatic rings. The van der Waals surface area contributed by atoms with Crippen LogP contribution in [0.15, 0.2) is 186 Å². The summed E-state index contributed by atoms with van der Waals surface area (Å²) in [4.78, 5) is 5.06. The summed E-state index contributed by atoms with van der Waals surface area (Å²) < 4.78 is 0. The van der Waals surface area contributed by atoms with Crippen molar-refractivity contribution in [2.24, 2.45) is 29.6 Å². The molecule has 47 heavy (non-hydrogen) atoms. The number of allylic oxidation sites excluding steroid dienone is 16. The molecule has 0 aromatic heterocycles. The van der Waals surface area contributed by atoms with Crippen molar-refractivity contribution in [1.29, 1.82) is 0 Å². The molecule has 0 bridgehead atoms. The summed E-state index contributed by atoms with van der Waals surface area (Å²) >= 11 is 0. The highest BCUT2D eigenvalue weighted by atomic mass is 15.2. The summed E-state index contributed by atoms with van der Waals surface area (Å²) in [5, 5.41) is 0. The van der Waals surface area contributed by atoms with E-state index in [0.29, 0.717) is 5.92 Å². The minimum atomic E-state index is 0.210. The van der Waals surface area contributed by atoms with Crippen LogP contribution in [-0.4, -0.2) is 0 Å². The predicted molar refractivity (Wildman–Crippen MR) is 198 cm³/mol. The quantitative estimate of drug-likeness (QED) is 0.274. The van der Waals surface area contributed by atoms with Gasteiger partial charge in [0.05, 0.1) is 0 Å². The number of rotatable bonds is 6. The van der Waals surface area contributed by atoms with E-state index in [2.05, 4.69) is 188 Å².